The fourth-order valence-corrected chi connectivity index (χ4v) is 7.29. The van der Waals surface area contributed by atoms with Gasteiger partial charge >= 0.3 is 5.97 Å². The minimum absolute atomic E-state index is 0.173. The average Bonchev–Trinajstić information content (AvgIpc) is 3.56. The van der Waals surface area contributed by atoms with Gasteiger partial charge in [-0.3, -0.25) is 9.36 Å². The Hall–Kier alpha value is -4.92. The first-order valence-corrected chi connectivity index (χ1v) is 16.1. The van der Waals surface area contributed by atoms with Crippen LogP contribution < -0.4 is 24.4 Å². The summed E-state index contributed by atoms with van der Waals surface area (Å²) in [4.78, 5) is 32.9. The van der Waals surface area contributed by atoms with Gasteiger partial charge in [-0.1, -0.05) is 57.6 Å². The van der Waals surface area contributed by atoms with Crippen LogP contribution in [0.15, 0.2) is 92.4 Å². The number of rotatable bonds is 8. The zero-order valence-electron chi connectivity index (χ0n) is 25.5. The summed E-state index contributed by atoms with van der Waals surface area (Å²) >= 11 is 4.91. The molecule has 0 bridgehead atoms. The number of esters is 1. The van der Waals surface area contributed by atoms with E-state index in [1.54, 1.807) is 37.7 Å². The Kier molecular flexibility index (Phi) is 8.67. The molecule has 2 aromatic heterocycles. The van der Waals surface area contributed by atoms with Gasteiger partial charge in [-0.25, -0.2) is 9.79 Å². The summed E-state index contributed by atoms with van der Waals surface area (Å²) in [5.41, 5.74) is 4.63. The maximum atomic E-state index is 14.3. The Bertz CT molecular complexity index is 2260. The van der Waals surface area contributed by atoms with Gasteiger partial charge in [0.15, 0.2) is 16.3 Å². The summed E-state index contributed by atoms with van der Waals surface area (Å²) in [6, 6.07) is 20.4. The largest absolute Gasteiger partial charge is 0.493 e. The van der Waals surface area contributed by atoms with Crippen molar-refractivity contribution in [1.82, 2.24) is 9.13 Å². The van der Waals surface area contributed by atoms with Crippen molar-refractivity contribution in [3.8, 4) is 17.6 Å². The number of methoxy groups -OCH3 is 2. The Balaban J connectivity index is 1.53. The maximum Gasteiger partial charge on any atom is 0.338 e. The highest BCUT2D eigenvalue weighted by molar-refractivity contribution is 9.10. The number of carbonyl (C=O) groups is 1. The molecule has 9 nitrogen and oxygen atoms in total. The van der Waals surface area contributed by atoms with Gasteiger partial charge < -0.3 is 18.8 Å². The van der Waals surface area contributed by atoms with Crippen molar-refractivity contribution in [3.05, 3.63) is 125 Å². The molecule has 11 heteroatoms. The molecule has 232 valence electrons. The maximum absolute atomic E-state index is 14.3. The molecule has 0 amide bonds. The minimum atomic E-state index is -0.829. The monoisotopic (exact) mass is 696 g/mol. The molecule has 0 unspecified atom stereocenters. The minimum Gasteiger partial charge on any atom is -0.493 e. The molecule has 6 rings (SSSR count). The number of hydrogen-bond donors (Lipinski definition) is 0. The highest BCUT2D eigenvalue weighted by atomic mass is 79.9. The Labute approximate surface area is 277 Å². The smallest absolute Gasteiger partial charge is 0.338 e. The molecule has 0 aliphatic carbocycles. The summed E-state index contributed by atoms with van der Waals surface area (Å²) in [5, 5.41) is 10.2. The molecule has 3 heterocycles. The van der Waals surface area contributed by atoms with Gasteiger partial charge in [-0.05, 0) is 61.4 Å². The summed E-state index contributed by atoms with van der Waals surface area (Å²) in [7, 11) is 3.08. The molecule has 0 radical (unpaired) electrons. The van der Waals surface area contributed by atoms with Gasteiger partial charge in [0.05, 0.1) is 54.3 Å². The number of benzene rings is 3. The van der Waals surface area contributed by atoms with Gasteiger partial charge in [-0.2, -0.15) is 5.26 Å². The van der Waals surface area contributed by atoms with Gasteiger partial charge in [-0.15, -0.1) is 0 Å². The number of aromatic nitrogens is 2. The number of nitrogens with zero attached hydrogens (tertiary/aromatic N) is 4. The van der Waals surface area contributed by atoms with E-state index in [9.17, 15) is 14.9 Å². The fourth-order valence-electron chi connectivity index (χ4n) is 5.71. The standard InChI is InChI=1S/C35H29BrN4O5S/c1-5-45-34(42)31-20(2)38-35-40(32(31)25-15-28(43-3)29(44-4)16-26(25)36)33(41)30(46-35)14-23-19-39(27-9-7-6-8-24(23)27)18-22-12-10-21(17-37)11-13-22/h6-16,19,32H,5,18H2,1-4H3/b30-14-/t32-/m1/s1. The van der Waals surface area contributed by atoms with E-state index in [4.69, 9.17) is 19.2 Å². The second-order valence-corrected chi connectivity index (χ2v) is 12.4. The fraction of sp³-hybridized carbons (Fsp3) is 0.200. The van der Waals surface area contributed by atoms with Crippen LogP contribution in [-0.2, 0) is 16.1 Å². The third kappa shape index (κ3) is 5.55. The van der Waals surface area contributed by atoms with Crippen LogP contribution in [0.5, 0.6) is 11.5 Å². The topological polar surface area (TPSA) is 108 Å². The second kappa shape index (κ2) is 12.8. The Morgan fingerprint density at radius 3 is 2.52 bits per heavy atom. The summed E-state index contributed by atoms with van der Waals surface area (Å²) in [5.74, 6) is 0.410. The van der Waals surface area contributed by atoms with Crippen molar-refractivity contribution >= 4 is 50.2 Å². The molecule has 0 N–H and O–H groups in total. The predicted molar refractivity (Wildman–Crippen MR) is 180 cm³/mol. The Morgan fingerprint density at radius 1 is 1.11 bits per heavy atom. The summed E-state index contributed by atoms with van der Waals surface area (Å²) in [6.45, 7) is 4.26. The number of para-hydroxylation sites is 1. The molecule has 0 saturated heterocycles. The lowest BCUT2D eigenvalue weighted by molar-refractivity contribution is -0.139. The van der Waals surface area contributed by atoms with Gasteiger partial charge in [0.2, 0.25) is 0 Å². The van der Waals surface area contributed by atoms with E-state index >= 15 is 0 Å². The lowest BCUT2D eigenvalue weighted by atomic mass is 9.95. The number of halogens is 1. The van der Waals surface area contributed by atoms with Crippen LogP contribution in [0.25, 0.3) is 17.0 Å². The van der Waals surface area contributed by atoms with Crippen molar-refractivity contribution in [2.75, 3.05) is 20.8 Å². The van der Waals surface area contributed by atoms with E-state index in [0.717, 1.165) is 22.0 Å². The third-order valence-corrected chi connectivity index (χ3v) is 9.53. The van der Waals surface area contributed by atoms with Crippen LogP contribution in [0, 0.1) is 11.3 Å². The molecule has 5 aromatic rings. The molecule has 3 aromatic carbocycles. The Morgan fingerprint density at radius 2 is 1.83 bits per heavy atom. The number of hydrogen-bond acceptors (Lipinski definition) is 8. The second-order valence-electron chi connectivity index (χ2n) is 10.6. The van der Waals surface area contributed by atoms with Crippen LogP contribution in [0.3, 0.4) is 0 Å². The van der Waals surface area contributed by atoms with Crippen LogP contribution in [0.4, 0.5) is 0 Å². The first kappa shape index (κ1) is 31.1. The van der Waals surface area contributed by atoms with Crippen LogP contribution in [0.2, 0.25) is 0 Å². The first-order chi connectivity index (χ1) is 22.3. The SMILES string of the molecule is CCOC(=O)C1=C(C)N=c2s/c(=C\c3cn(Cc4ccc(C#N)cc4)c4ccccc34)c(=O)n2[C@@H]1c1cc(OC)c(OC)cc1Br. The molecule has 0 spiro atoms. The quantitative estimate of drug-likeness (QED) is 0.200. The zero-order chi connectivity index (χ0) is 32.5. The van der Waals surface area contributed by atoms with E-state index in [1.165, 1.54) is 18.4 Å². The first-order valence-electron chi connectivity index (χ1n) is 14.5. The van der Waals surface area contributed by atoms with E-state index < -0.39 is 12.0 Å². The molecular weight excluding hydrogens is 668 g/mol. The van der Waals surface area contributed by atoms with E-state index in [2.05, 4.69) is 26.6 Å². The number of nitriles is 1. The molecule has 46 heavy (non-hydrogen) atoms. The average molecular weight is 698 g/mol. The number of allylic oxidation sites excluding steroid dienone is 1. The molecule has 1 atom stereocenters. The lowest BCUT2D eigenvalue weighted by Gasteiger charge is -2.26. The molecule has 1 aliphatic heterocycles. The van der Waals surface area contributed by atoms with E-state index in [0.29, 0.717) is 48.7 Å². The molecule has 0 saturated carbocycles. The number of fused-ring (bicyclic) bond motifs is 2. The van der Waals surface area contributed by atoms with Crippen molar-refractivity contribution in [1.29, 1.82) is 5.26 Å². The van der Waals surface area contributed by atoms with Gasteiger partial charge in [0.1, 0.15) is 0 Å². The summed E-state index contributed by atoms with van der Waals surface area (Å²) < 4.78 is 21.3. The van der Waals surface area contributed by atoms with Crippen LogP contribution >= 0.6 is 27.3 Å². The van der Waals surface area contributed by atoms with Crippen molar-refractivity contribution in [2.24, 2.45) is 4.99 Å². The lowest BCUT2D eigenvalue weighted by Crippen LogP contribution is -2.40. The number of thiazole rings is 1. The molecule has 1 aliphatic rings. The predicted octanol–water partition coefficient (Wildman–Crippen LogP) is 5.45. The molecular formula is C35H29BrN4O5S. The van der Waals surface area contributed by atoms with Gasteiger partial charge in [0.25, 0.3) is 5.56 Å². The van der Waals surface area contributed by atoms with E-state index in [1.807, 2.05) is 60.8 Å². The van der Waals surface area contributed by atoms with Crippen molar-refractivity contribution in [3.63, 3.8) is 0 Å². The van der Waals surface area contributed by atoms with Crippen LogP contribution in [0.1, 0.15) is 42.1 Å². The van der Waals surface area contributed by atoms with E-state index in [-0.39, 0.29) is 17.7 Å². The highest BCUT2D eigenvalue weighted by Crippen LogP contribution is 2.40. The van der Waals surface area contributed by atoms with Crippen LogP contribution in [-0.4, -0.2) is 35.9 Å². The van der Waals surface area contributed by atoms with Gasteiger partial charge in [0, 0.05) is 33.7 Å². The third-order valence-electron chi connectivity index (χ3n) is 7.86. The summed E-state index contributed by atoms with van der Waals surface area (Å²) in [6.07, 6.45) is 3.91. The van der Waals surface area contributed by atoms with Crippen molar-refractivity contribution < 1.29 is 19.0 Å². The molecule has 0 fully saturated rings. The van der Waals surface area contributed by atoms with Crippen molar-refractivity contribution in [2.45, 2.75) is 26.4 Å². The number of ether oxygens (including phenoxy) is 3. The highest BCUT2D eigenvalue weighted by Gasteiger charge is 2.35. The zero-order valence-corrected chi connectivity index (χ0v) is 27.9. The normalized spacial score (nSPS) is 14.5. The number of carbonyl (C=O) groups excluding carboxylic acids is 1.